The number of benzene rings is 2. The second-order valence-corrected chi connectivity index (χ2v) is 8.62. The molecule has 0 atom stereocenters. The zero-order valence-electron chi connectivity index (χ0n) is 18.8. The van der Waals surface area contributed by atoms with E-state index in [4.69, 9.17) is 16.3 Å². The van der Waals surface area contributed by atoms with Crippen molar-refractivity contribution in [1.29, 1.82) is 0 Å². The van der Waals surface area contributed by atoms with Crippen LogP contribution >= 0.6 is 11.6 Å². The summed E-state index contributed by atoms with van der Waals surface area (Å²) in [6, 6.07) is 14.2. The number of aromatic nitrogens is 2. The van der Waals surface area contributed by atoms with Gasteiger partial charge < -0.3 is 15.0 Å². The lowest BCUT2D eigenvalue weighted by molar-refractivity contribution is -0.120. The van der Waals surface area contributed by atoms with E-state index in [1.165, 1.54) is 5.69 Å². The summed E-state index contributed by atoms with van der Waals surface area (Å²) in [6.07, 6.45) is 0.295. The van der Waals surface area contributed by atoms with Crippen molar-refractivity contribution in [2.75, 3.05) is 31.2 Å². The quantitative estimate of drug-likeness (QED) is 0.610. The number of hydrogen-bond donors (Lipinski definition) is 1. The first-order valence-electron chi connectivity index (χ1n) is 10.9. The van der Waals surface area contributed by atoms with Crippen LogP contribution in [0.2, 0.25) is 5.02 Å². The van der Waals surface area contributed by atoms with E-state index in [0.29, 0.717) is 18.0 Å². The SMILES string of the molecule is Cc1ccc(-n2nc(C)c(CC(=O)NCc3ccc(N4CCOCC4)cc3)c2C)cc1Cl. The van der Waals surface area contributed by atoms with Crippen LogP contribution in [0.15, 0.2) is 42.5 Å². The number of nitrogens with zero attached hydrogens (tertiary/aromatic N) is 3. The molecular weight excluding hydrogens is 424 g/mol. The standard InChI is InChI=1S/C25H29ClN4O2/c1-17-4-7-22(14-24(17)26)30-19(3)23(18(2)28-30)15-25(31)27-16-20-5-8-21(9-6-20)29-10-12-32-13-11-29/h4-9,14H,10-13,15-16H2,1-3H3,(H,27,31). The summed E-state index contributed by atoms with van der Waals surface area (Å²) in [5.41, 5.74) is 6.94. The molecule has 1 amide bonds. The zero-order valence-corrected chi connectivity index (χ0v) is 19.6. The number of carbonyl (C=O) groups is 1. The van der Waals surface area contributed by atoms with Gasteiger partial charge in [-0.05, 0) is 56.2 Å². The number of amides is 1. The van der Waals surface area contributed by atoms with Crippen molar-refractivity contribution in [3.8, 4) is 5.69 Å². The molecule has 0 radical (unpaired) electrons. The molecule has 0 unspecified atom stereocenters. The van der Waals surface area contributed by atoms with Gasteiger partial charge in [0.15, 0.2) is 0 Å². The number of ether oxygens (including phenoxy) is 1. The molecular formula is C25H29ClN4O2. The number of aryl methyl sites for hydroxylation is 2. The molecule has 1 N–H and O–H groups in total. The molecule has 0 bridgehead atoms. The van der Waals surface area contributed by atoms with E-state index in [9.17, 15) is 4.79 Å². The minimum Gasteiger partial charge on any atom is -0.378 e. The lowest BCUT2D eigenvalue weighted by Crippen LogP contribution is -2.36. The average Bonchev–Trinajstić information content (AvgIpc) is 3.09. The van der Waals surface area contributed by atoms with Crippen molar-refractivity contribution in [1.82, 2.24) is 15.1 Å². The molecule has 3 aromatic rings. The number of nitrogens with one attached hydrogen (secondary N) is 1. The summed E-state index contributed by atoms with van der Waals surface area (Å²) < 4.78 is 7.27. The molecule has 0 aliphatic carbocycles. The Labute approximate surface area is 194 Å². The summed E-state index contributed by atoms with van der Waals surface area (Å²) >= 11 is 6.29. The largest absolute Gasteiger partial charge is 0.378 e. The first-order valence-corrected chi connectivity index (χ1v) is 11.3. The molecule has 1 aliphatic heterocycles. The lowest BCUT2D eigenvalue weighted by Gasteiger charge is -2.28. The number of carbonyl (C=O) groups excluding carboxylic acids is 1. The molecule has 0 spiro atoms. The molecule has 2 heterocycles. The third-order valence-corrected chi connectivity index (χ3v) is 6.39. The fourth-order valence-electron chi connectivity index (χ4n) is 3.97. The Bertz CT molecular complexity index is 1100. The maximum atomic E-state index is 12.7. The Morgan fingerprint density at radius 2 is 1.75 bits per heavy atom. The van der Waals surface area contributed by atoms with Crippen molar-refractivity contribution >= 4 is 23.2 Å². The van der Waals surface area contributed by atoms with Crippen LogP contribution in [-0.4, -0.2) is 42.0 Å². The van der Waals surface area contributed by atoms with Gasteiger partial charge in [0.2, 0.25) is 5.91 Å². The Morgan fingerprint density at radius 1 is 1.06 bits per heavy atom. The average molecular weight is 453 g/mol. The zero-order chi connectivity index (χ0) is 22.7. The van der Waals surface area contributed by atoms with Gasteiger partial charge in [-0.15, -0.1) is 0 Å². The Kier molecular flexibility index (Phi) is 6.82. The number of rotatable bonds is 6. The van der Waals surface area contributed by atoms with Crippen LogP contribution in [0.4, 0.5) is 5.69 Å². The fraction of sp³-hybridized carbons (Fsp3) is 0.360. The van der Waals surface area contributed by atoms with E-state index in [-0.39, 0.29) is 5.91 Å². The van der Waals surface area contributed by atoms with E-state index in [1.54, 1.807) is 0 Å². The second kappa shape index (κ2) is 9.76. The molecule has 2 aromatic carbocycles. The van der Waals surface area contributed by atoms with Crippen molar-refractivity contribution in [3.63, 3.8) is 0 Å². The monoisotopic (exact) mass is 452 g/mol. The van der Waals surface area contributed by atoms with Crippen LogP contribution in [0, 0.1) is 20.8 Å². The number of morpholine rings is 1. The van der Waals surface area contributed by atoms with Crippen LogP contribution in [-0.2, 0) is 22.5 Å². The molecule has 1 saturated heterocycles. The first-order chi connectivity index (χ1) is 15.4. The Hall–Kier alpha value is -2.83. The summed E-state index contributed by atoms with van der Waals surface area (Å²) in [7, 11) is 0. The molecule has 1 fully saturated rings. The summed E-state index contributed by atoms with van der Waals surface area (Å²) in [4.78, 5) is 15.0. The Balaban J connectivity index is 1.38. The topological polar surface area (TPSA) is 59.4 Å². The predicted molar refractivity (Wildman–Crippen MR) is 128 cm³/mol. The van der Waals surface area contributed by atoms with Gasteiger partial charge in [-0.2, -0.15) is 5.10 Å². The van der Waals surface area contributed by atoms with Gasteiger partial charge in [-0.3, -0.25) is 4.79 Å². The molecule has 7 heteroatoms. The number of halogens is 1. The second-order valence-electron chi connectivity index (χ2n) is 8.21. The van der Waals surface area contributed by atoms with Gasteiger partial charge >= 0.3 is 0 Å². The Morgan fingerprint density at radius 3 is 2.44 bits per heavy atom. The van der Waals surface area contributed by atoms with E-state index >= 15 is 0 Å². The van der Waals surface area contributed by atoms with Crippen molar-refractivity contribution in [3.05, 3.63) is 75.6 Å². The van der Waals surface area contributed by atoms with Crippen LogP contribution in [0.1, 0.15) is 28.1 Å². The smallest absolute Gasteiger partial charge is 0.224 e. The van der Waals surface area contributed by atoms with E-state index in [0.717, 1.165) is 60.1 Å². The van der Waals surface area contributed by atoms with Gasteiger partial charge in [0.1, 0.15) is 0 Å². The molecule has 0 saturated carbocycles. The molecule has 6 nitrogen and oxygen atoms in total. The highest BCUT2D eigenvalue weighted by molar-refractivity contribution is 6.31. The van der Waals surface area contributed by atoms with E-state index in [1.807, 2.05) is 43.7 Å². The molecule has 1 aliphatic rings. The molecule has 168 valence electrons. The van der Waals surface area contributed by atoms with Crippen molar-refractivity contribution in [2.24, 2.45) is 0 Å². The van der Waals surface area contributed by atoms with Crippen molar-refractivity contribution in [2.45, 2.75) is 33.7 Å². The third kappa shape index (κ3) is 4.97. The predicted octanol–water partition coefficient (Wildman–Crippen LogP) is 4.15. The van der Waals surface area contributed by atoms with Gasteiger partial charge in [0.25, 0.3) is 0 Å². The molecule has 4 rings (SSSR count). The summed E-state index contributed by atoms with van der Waals surface area (Å²) in [5.74, 6) is -0.0186. The van der Waals surface area contributed by atoms with Crippen LogP contribution in [0.25, 0.3) is 5.69 Å². The minimum atomic E-state index is -0.0186. The normalized spacial score (nSPS) is 13.9. The maximum Gasteiger partial charge on any atom is 0.224 e. The van der Waals surface area contributed by atoms with Gasteiger partial charge in [-0.25, -0.2) is 4.68 Å². The number of hydrogen-bond acceptors (Lipinski definition) is 4. The van der Waals surface area contributed by atoms with Crippen molar-refractivity contribution < 1.29 is 9.53 Å². The summed E-state index contributed by atoms with van der Waals surface area (Å²) in [6.45, 7) is 9.76. The van der Waals surface area contributed by atoms with Crippen LogP contribution < -0.4 is 10.2 Å². The van der Waals surface area contributed by atoms with Gasteiger partial charge in [0.05, 0.1) is 31.0 Å². The highest BCUT2D eigenvalue weighted by Crippen LogP contribution is 2.23. The van der Waals surface area contributed by atoms with Gasteiger partial charge in [-0.1, -0.05) is 29.8 Å². The third-order valence-electron chi connectivity index (χ3n) is 5.98. The van der Waals surface area contributed by atoms with Crippen LogP contribution in [0.3, 0.4) is 0 Å². The maximum absolute atomic E-state index is 12.7. The molecule has 32 heavy (non-hydrogen) atoms. The fourth-order valence-corrected chi connectivity index (χ4v) is 4.14. The van der Waals surface area contributed by atoms with Crippen LogP contribution in [0.5, 0.6) is 0 Å². The van der Waals surface area contributed by atoms with Gasteiger partial charge in [0, 0.05) is 41.6 Å². The summed E-state index contributed by atoms with van der Waals surface area (Å²) in [5, 5.41) is 8.38. The molecule has 1 aromatic heterocycles. The first kappa shape index (κ1) is 22.4. The minimum absolute atomic E-state index is 0.0186. The number of anilines is 1. The van der Waals surface area contributed by atoms with E-state index < -0.39 is 0 Å². The highest BCUT2D eigenvalue weighted by atomic mass is 35.5. The highest BCUT2D eigenvalue weighted by Gasteiger charge is 2.17. The van der Waals surface area contributed by atoms with E-state index in [2.05, 4.69) is 39.6 Å². The lowest BCUT2D eigenvalue weighted by atomic mass is 10.1.